The first-order chi connectivity index (χ1) is 18.0. The Kier molecular flexibility index (Phi) is 7.83. The monoisotopic (exact) mass is 533 g/mol. The summed E-state index contributed by atoms with van der Waals surface area (Å²) in [6, 6.07) is 14.2. The summed E-state index contributed by atoms with van der Waals surface area (Å²) in [6.07, 6.45) is 8.27. The molecule has 3 aromatic rings. The fraction of sp³-hybridized carbons (Fsp3) is 0.300. The molecule has 0 aliphatic carbocycles. The molecule has 4 rings (SSSR count). The number of hydrogen-bond acceptors (Lipinski definition) is 7. The molecule has 0 amide bonds. The first-order valence-corrected chi connectivity index (χ1v) is 14.3. The van der Waals surface area contributed by atoms with Crippen molar-refractivity contribution in [1.29, 1.82) is 0 Å². The molecule has 8 heteroatoms. The standard InChI is InChI=1S/C30H35N3O4S/c1-6-7-8-26-27(32(5)23-13-10-20(2)11-14-23)28(34)29(30(35)31-26)38(36,37)25-17-15-24(16-18-25)33-19-21(3)9-12-22(33)4/h9-19,22H,6-8H2,1-5H3,(H2,31,34,35). The van der Waals surface area contributed by atoms with Crippen LogP contribution in [0.1, 0.15) is 44.9 Å². The van der Waals surface area contributed by atoms with Gasteiger partial charge in [-0.1, -0.05) is 43.2 Å². The molecule has 1 aromatic heterocycles. The zero-order chi connectivity index (χ0) is 27.6. The van der Waals surface area contributed by atoms with Crippen LogP contribution in [0.15, 0.2) is 82.2 Å². The molecule has 2 heterocycles. The second-order valence-corrected chi connectivity index (χ2v) is 11.7. The van der Waals surface area contributed by atoms with E-state index in [9.17, 15) is 18.6 Å². The number of hydrogen-bond donors (Lipinski definition) is 2. The van der Waals surface area contributed by atoms with E-state index < -0.39 is 26.4 Å². The van der Waals surface area contributed by atoms with Crippen LogP contribution in [-0.2, 0) is 16.3 Å². The van der Waals surface area contributed by atoms with Gasteiger partial charge in [0.15, 0.2) is 10.6 Å². The van der Waals surface area contributed by atoms with Crippen LogP contribution in [0, 0.1) is 6.92 Å². The minimum atomic E-state index is -4.29. The third-order valence-corrected chi connectivity index (χ3v) is 8.62. The van der Waals surface area contributed by atoms with E-state index >= 15 is 0 Å². The van der Waals surface area contributed by atoms with Gasteiger partial charge in [0.1, 0.15) is 5.69 Å². The third kappa shape index (κ3) is 5.27. The molecule has 2 N–H and O–H groups in total. The molecule has 0 saturated carbocycles. The van der Waals surface area contributed by atoms with Gasteiger partial charge in [0.25, 0.3) is 0 Å². The Morgan fingerprint density at radius 1 is 1.03 bits per heavy atom. The van der Waals surface area contributed by atoms with E-state index in [1.54, 1.807) is 24.1 Å². The highest BCUT2D eigenvalue weighted by molar-refractivity contribution is 7.91. The SMILES string of the molecule is CCCCc1nc(O)c(S(=O)(=O)c2ccc(N3C=C(C)C=CC3C)cc2)c(O)c1N(C)c1ccc(C)cc1. The van der Waals surface area contributed by atoms with Gasteiger partial charge in [-0.15, -0.1) is 0 Å². The van der Waals surface area contributed by atoms with Crippen LogP contribution in [0.4, 0.5) is 17.1 Å². The predicted molar refractivity (Wildman–Crippen MR) is 152 cm³/mol. The van der Waals surface area contributed by atoms with Crippen molar-refractivity contribution in [2.24, 2.45) is 0 Å². The second-order valence-electron chi connectivity index (χ2n) is 9.78. The van der Waals surface area contributed by atoms with Crippen LogP contribution in [0.2, 0.25) is 0 Å². The molecule has 1 atom stereocenters. The first kappa shape index (κ1) is 27.3. The summed E-state index contributed by atoms with van der Waals surface area (Å²) in [5, 5.41) is 22.2. The molecule has 2 aromatic carbocycles. The maximum Gasteiger partial charge on any atom is 0.234 e. The van der Waals surface area contributed by atoms with Gasteiger partial charge in [-0.3, -0.25) is 0 Å². The van der Waals surface area contributed by atoms with E-state index in [2.05, 4.69) is 22.9 Å². The minimum Gasteiger partial charge on any atom is -0.504 e. The maximum absolute atomic E-state index is 13.7. The van der Waals surface area contributed by atoms with Gasteiger partial charge >= 0.3 is 0 Å². The fourth-order valence-corrected chi connectivity index (χ4v) is 5.95. The molecular weight excluding hydrogens is 498 g/mol. The van der Waals surface area contributed by atoms with Crippen molar-refractivity contribution in [2.75, 3.05) is 16.8 Å². The molecule has 1 unspecified atom stereocenters. The predicted octanol–water partition coefficient (Wildman–Crippen LogP) is 6.41. The van der Waals surface area contributed by atoms with Crippen molar-refractivity contribution < 1.29 is 18.6 Å². The van der Waals surface area contributed by atoms with Gasteiger partial charge in [0, 0.05) is 30.7 Å². The lowest BCUT2D eigenvalue weighted by atomic mass is 10.1. The van der Waals surface area contributed by atoms with E-state index in [0.717, 1.165) is 35.4 Å². The molecule has 0 bridgehead atoms. The molecule has 0 spiro atoms. The van der Waals surface area contributed by atoms with Crippen LogP contribution < -0.4 is 9.80 Å². The Morgan fingerprint density at radius 3 is 2.32 bits per heavy atom. The topological polar surface area (TPSA) is 94.0 Å². The quantitative estimate of drug-likeness (QED) is 0.345. The van der Waals surface area contributed by atoms with E-state index in [1.165, 1.54) is 12.1 Å². The number of pyridine rings is 1. The van der Waals surface area contributed by atoms with Gasteiger partial charge in [0.2, 0.25) is 15.7 Å². The summed E-state index contributed by atoms with van der Waals surface area (Å²) in [6.45, 7) is 8.07. The average molecular weight is 534 g/mol. The van der Waals surface area contributed by atoms with Crippen molar-refractivity contribution in [3.63, 3.8) is 0 Å². The lowest BCUT2D eigenvalue weighted by Crippen LogP contribution is -2.28. The Labute approximate surface area is 225 Å². The zero-order valence-corrected chi connectivity index (χ0v) is 23.3. The number of anilines is 3. The van der Waals surface area contributed by atoms with Crippen molar-refractivity contribution in [1.82, 2.24) is 4.98 Å². The molecule has 38 heavy (non-hydrogen) atoms. The highest BCUT2D eigenvalue weighted by Gasteiger charge is 2.32. The first-order valence-electron chi connectivity index (χ1n) is 12.8. The number of benzene rings is 2. The lowest BCUT2D eigenvalue weighted by molar-refractivity contribution is 0.405. The second kappa shape index (κ2) is 10.9. The summed E-state index contributed by atoms with van der Waals surface area (Å²) in [5.74, 6) is -1.21. The van der Waals surface area contributed by atoms with E-state index in [1.807, 2.05) is 57.3 Å². The van der Waals surface area contributed by atoms with Crippen molar-refractivity contribution in [3.8, 4) is 11.6 Å². The number of sulfone groups is 1. The summed E-state index contributed by atoms with van der Waals surface area (Å²) < 4.78 is 27.5. The molecule has 7 nitrogen and oxygen atoms in total. The number of nitrogens with zero attached hydrogens (tertiary/aromatic N) is 3. The van der Waals surface area contributed by atoms with Gasteiger partial charge in [-0.25, -0.2) is 13.4 Å². The van der Waals surface area contributed by atoms with E-state index in [-0.39, 0.29) is 16.6 Å². The highest BCUT2D eigenvalue weighted by atomic mass is 32.2. The van der Waals surface area contributed by atoms with Gasteiger partial charge in [0.05, 0.1) is 10.6 Å². The van der Waals surface area contributed by atoms with E-state index in [4.69, 9.17) is 0 Å². The molecule has 1 aliphatic heterocycles. The van der Waals surface area contributed by atoms with E-state index in [0.29, 0.717) is 12.1 Å². The maximum atomic E-state index is 13.7. The molecular formula is C30H35N3O4S. The Hall–Kier alpha value is -3.78. The van der Waals surface area contributed by atoms with Crippen LogP contribution in [0.25, 0.3) is 0 Å². The van der Waals surface area contributed by atoms with Crippen LogP contribution >= 0.6 is 0 Å². The summed E-state index contributed by atoms with van der Waals surface area (Å²) in [5.41, 5.74) is 4.47. The Bertz CT molecular complexity index is 1480. The zero-order valence-electron chi connectivity index (χ0n) is 22.5. The lowest BCUT2D eigenvalue weighted by Gasteiger charge is -2.29. The number of aromatic hydroxyl groups is 2. The van der Waals surface area contributed by atoms with Crippen LogP contribution in [0.5, 0.6) is 11.6 Å². The Balaban J connectivity index is 1.79. The van der Waals surface area contributed by atoms with Crippen LogP contribution in [0.3, 0.4) is 0 Å². The van der Waals surface area contributed by atoms with Crippen molar-refractivity contribution >= 4 is 26.9 Å². The molecule has 0 saturated heterocycles. The summed E-state index contributed by atoms with van der Waals surface area (Å²) in [7, 11) is -2.54. The summed E-state index contributed by atoms with van der Waals surface area (Å²) >= 11 is 0. The van der Waals surface area contributed by atoms with Crippen molar-refractivity contribution in [2.45, 2.75) is 62.8 Å². The fourth-order valence-electron chi connectivity index (χ4n) is 4.59. The van der Waals surface area contributed by atoms with Gasteiger partial charge in [-0.05, 0) is 75.6 Å². The van der Waals surface area contributed by atoms with Crippen LogP contribution in [-0.4, -0.2) is 36.7 Å². The molecule has 0 fully saturated rings. The average Bonchev–Trinajstić information content (AvgIpc) is 2.88. The number of allylic oxidation sites excluding steroid dienone is 2. The Morgan fingerprint density at radius 2 is 1.68 bits per heavy atom. The number of aromatic nitrogens is 1. The number of unbranched alkanes of at least 4 members (excludes halogenated alkanes) is 1. The highest BCUT2D eigenvalue weighted by Crippen LogP contribution is 2.45. The molecule has 0 radical (unpaired) electrons. The minimum absolute atomic E-state index is 0.0418. The molecule has 200 valence electrons. The number of aryl methyl sites for hydroxylation is 2. The van der Waals surface area contributed by atoms with Gasteiger partial charge < -0.3 is 20.0 Å². The largest absolute Gasteiger partial charge is 0.504 e. The third-order valence-electron chi connectivity index (χ3n) is 6.81. The molecule has 1 aliphatic rings. The normalized spacial score (nSPS) is 15.4. The smallest absolute Gasteiger partial charge is 0.234 e. The van der Waals surface area contributed by atoms with Gasteiger partial charge in [-0.2, -0.15) is 0 Å². The summed E-state index contributed by atoms with van der Waals surface area (Å²) in [4.78, 5) is 7.42. The number of rotatable bonds is 8. The van der Waals surface area contributed by atoms with Crippen molar-refractivity contribution in [3.05, 3.63) is 83.7 Å².